The molecule has 0 aliphatic carbocycles. The van der Waals surface area contributed by atoms with Gasteiger partial charge in [0.15, 0.2) is 11.5 Å². The van der Waals surface area contributed by atoms with E-state index in [1.807, 2.05) is 30.3 Å². The topological polar surface area (TPSA) is 59.9 Å². The van der Waals surface area contributed by atoms with Crippen LogP contribution in [0.1, 0.15) is 16.7 Å². The van der Waals surface area contributed by atoms with E-state index in [0.717, 1.165) is 16.7 Å². The number of carbonyl (C=O) groups excluding carboxylic acids is 1. The van der Waals surface area contributed by atoms with Gasteiger partial charge < -0.3 is 9.47 Å². The molecule has 0 atom stereocenters. The van der Waals surface area contributed by atoms with Gasteiger partial charge in [0.05, 0.1) is 19.7 Å². The number of amides is 1. The van der Waals surface area contributed by atoms with Crippen molar-refractivity contribution in [2.24, 2.45) is 5.10 Å². The Morgan fingerprint density at radius 2 is 1.77 bits per heavy atom. The number of nitrogens with zero attached hydrogens (tertiary/aromatic N) is 1. The zero-order valence-corrected chi connectivity index (χ0v) is 17.8. The molecule has 3 aromatic carbocycles. The standard InChI is InChI=1S/C23H20Cl2N2O3/c1-29-22-12-17(7-10-21(22)30-15-18-3-2-4-20(25)11-18)14-26-27-23(28)13-16-5-8-19(24)9-6-16/h2-12,14H,13,15H2,1H3,(H,27,28)/b26-14-. The maximum atomic E-state index is 12.0. The molecule has 0 fully saturated rings. The van der Waals surface area contributed by atoms with Gasteiger partial charge in [-0.05, 0) is 59.2 Å². The zero-order valence-electron chi connectivity index (χ0n) is 16.3. The summed E-state index contributed by atoms with van der Waals surface area (Å²) >= 11 is 11.8. The molecule has 0 spiro atoms. The summed E-state index contributed by atoms with van der Waals surface area (Å²) < 4.78 is 11.2. The molecule has 0 radical (unpaired) electrons. The van der Waals surface area contributed by atoms with Crippen molar-refractivity contribution in [1.29, 1.82) is 0 Å². The number of nitrogens with one attached hydrogen (secondary N) is 1. The van der Waals surface area contributed by atoms with Crippen molar-refractivity contribution in [3.05, 3.63) is 93.5 Å². The van der Waals surface area contributed by atoms with Crippen LogP contribution in [0.5, 0.6) is 11.5 Å². The fourth-order valence-electron chi connectivity index (χ4n) is 2.68. The molecule has 0 saturated carbocycles. The first kappa shape index (κ1) is 21.7. The Hall–Kier alpha value is -3.02. The summed E-state index contributed by atoms with van der Waals surface area (Å²) in [6, 6.07) is 20.0. The van der Waals surface area contributed by atoms with Crippen LogP contribution in [-0.4, -0.2) is 19.2 Å². The molecule has 1 N–H and O–H groups in total. The summed E-state index contributed by atoms with van der Waals surface area (Å²) in [5.41, 5.74) is 5.08. The number of halogens is 2. The van der Waals surface area contributed by atoms with Crippen LogP contribution < -0.4 is 14.9 Å². The monoisotopic (exact) mass is 442 g/mol. The number of benzene rings is 3. The smallest absolute Gasteiger partial charge is 0.244 e. The van der Waals surface area contributed by atoms with Crippen LogP contribution in [0.25, 0.3) is 0 Å². The number of carbonyl (C=O) groups is 1. The Bertz CT molecular complexity index is 1040. The van der Waals surface area contributed by atoms with Crippen molar-refractivity contribution >= 4 is 35.3 Å². The Labute approximate surface area is 185 Å². The van der Waals surface area contributed by atoms with E-state index in [1.165, 1.54) is 0 Å². The number of hydrazone groups is 1. The van der Waals surface area contributed by atoms with Gasteiger partial charge >= 0.3 is 0 Å². The van der Waals surface area contributed by atoms with Gasteiger partial charge in [-0.1, -0.05) is 47.5 Å². The van der Waals surface area contributed by atoms with E-state index in [9.17, 15) is 4.79 Å². The highest BCUT2D eigenvalue weighted by atomic mass is 35.5. The van der Waals surface area contributed by atoms with Gasteiger partial charge in [0.2, 0.25) is 5.91 Å². The molecule has 0 unspecified atom stereocenters. The quantitative estimate of drug-likeness (QED) is 0.381. The summed E-state index contributed by atoms with van der Waals surface area (Å²) in [4.78, 5) is 12.0. The molecule has 3 rings (SSSR count). The number of hydrogen-bond acceptors (Lipinski definition) is 4. The minimum absolute atomic E-state index is 0.216. The van der Waals surface area contributed by atoms with Crippen LogP contribution in [0.4, 0.5) is 0 Å². The summed E-state index contributed by atoms with van der Waals surface area (Å²) in [6.45, 7) is 0.366. The average molecular weight is 443 g/mol. The van der Waals surface area contributed by atoms with Gasteiger partial charge in [-0.25, -0.2) is 5.43 Å². The van der Waals surface area contributed by atoms with Crippen molar-refractivity contribution in [2.45, 2.75) is 13.0 Å². The van der Waals surface area contributed by atoms with E-state index in [0.29, 0.717) is 28.2 Å². The van der Waals surface area contributed by atoms with Gasteiger partial charge in [0.1, 0.15) is 6.61 Å². The van der Waals surface area contributed by atoms with Gasteiger partial charge in [-0.3, -0.25) is 4.79 Å². The van der Waals surface area contributed by atoms with Crippen LogP contribution >= 0.6 is 23.2 Å². The summed E-state index contributed by atoms with van der Waals surface area (Å²) in [5.74, 6) is 0.942. The van der Waals surface area contributed by atoms with E-state index in [4.69, 9.17) is 32.7 Å². The predicted molar refractivity (Wildman–Crippen MR) is 120 cm³/mol. The van der Waals surface area contributed by atoms with Crippen LogP contribution in [0.3, 0.4) is 0 Å². The third-order valence-electron chi connectivity index (χ3n) is 4.15. The lowest BCUT2D eigenvalue weighted by Crippen LogP contribution is -2.19. The lowest BCUT2D eigenvalue weighted by molar-refractivity contribution is -0.120. The first-order chi connectivity index (χ1) is 14.5. The highest BCUT2D eigenvalue weighted by Crippen LogP contribution is 2.28. The van der Waals surface area contributed by atoms with Crippen molar-refractivity contribution < 1.29 is 14.3 Å². The molecule has 3 aromatic rings. The number of ether oxygens (including phenoxy) is 2. The van der Waals surface area contributed by atoms with E-state index in [1.54, 1.807) is 49.7 Å². The largest absolute Gasteiger partial charge is 0.493 e. The second-order valence-corrected chi connectivity index (χ2v) is 7.30. The molecule has 0 aromatic heterocycles. The molecule has 0 aliphatic heterocycles. The fraction of sp³-hybridized carbons (Fsp3) is 0.130. The molecule has 0 saturated heterocycles. The summed E-state index contributed by atoms with van der Waals surface area (Å²) in [6.07, 6.45) is 1.76. The Morgan fingerprint density at radius 3 is 2.50 bits per heavy atom. The molecule has 5 nitrogen and oxygen atoms in total. The molecule has 154 valence electrons. The van der Waals surface area contributed by atoms with E-state index >= 15 is 0 Å². The Balaban J connectivity index is 1.57. The van der Waals surface area contributed by atoms with Gasteiger partial charge in [0, 0.05) is 10.0 Å². The maximum Gasteiger partial charge on any atom is 0.244 e. The fourth-order valence-corrected chi connectivity index (χ4v) is 3.02. The summed E-state index contributed by atoms with van der Waals surface area (Å²) in [7, 11) is 1.57. The van der Waals surface area contributed by atoms with Crippen molar-refractivity contribution in [3.63, 3.8) is 0 Å². The lowest BCUT2D eigenvalue weighted by Gasteiger charge is -2.11. The Kier molecular flexibility index (Phi) is 7.71. The zero-order chi connectivity index (χ0) is 21.3. The molecular formula is C23H20Cl2N2O3. The average Bonchev–Trinajstić information content (AvgIpc) is 2.74. The SMILES string of the molecule is COc1cc(/C=N\NC(=O)Cc2ccc(Cl)cc2)ccc1OCc1cccc(Cl)c1. The number of hydrogen-bond donors (Lipinski definition) is 1. The third kappa shape index (κ3) is 6.51. The Morgan fingerprint density at radius 1 is 0.967 bits per heavy atom. The minimum Gasteiger partial charge on any atom is -0.493 e. The first-order valence-electron chi connectivity index (χ1n) is 9.15. The van der Waals surface area contributed by atoms with Gasteiger partial charge in [0.25, 0.3) is 0 Å². The highest BCUT2D eigenvalue weighted by Gasteiger charge is 2.06. The van der Waals surface area contributed by atoms with Crippen LogP contribution in [0.2, 0.25) is 10.0 Å². The van der Waals surface area contributed by atoms with Gasteiger partial charge in [-0.15, -0.1) is 0 Å². The molecule has 7 heteroatoms. The number of rotatable bonds is 8. The number of methoxy groups -OCH3 is 1. The van der Waals surface area contributed by atoms with Crippen molar-refractivity contribution in [2.75, 3.05) is 7.11 Å². The van der Waals surface area contributed by atoms with Crippen LogP contribution in [-0.2, 0) is 17.8 Å². The first-order valence-corrected chi connectivity index (χ1v) is 9.91. The maximum absolute atomic E-state index is 12.0. The minimum atomic E-state index is -0.220. The van der Waals surface area contributed by atoms with Crippen molar-refractivity contribution in [1.82, 2.24) is 5.43 Å². The van der Waals surface area contributed by atoms with E-state index in [-0.39, 0.29) is 12.3 Å². The molecule has 0 heterocycles. The molecule has 1 amide bonds. The second-order valence-electron chi connectivity index (χ2n) is 6.43. The molecule has 30 heavy (non-hydrogen) atoms. The van der Waals surface area contributed by atoms with E-state index in [2.05, 4.69) is 10.5 Å². The molecule has 0 aliphatic rings. The predicted octanol–water partition coefficient (Wildman–Crippen LogP) is 5.27. The van der Waals surface area contributed by atoms with Gasteiger partial charge in [-0.2, -0.15) is 5.10 Å². The lowest BCUT2D eigenvalue weighted by atomic mass is 10.1. The highest BCUT2D eigenvalue weighted by molar-refractivity contribution is 6.30. The molecular weight excluding hydrogens is 423 g/mol. The summed E-state index contributed by atoms with van der Waals surface area (Å²) in [5, 5.41) is 5.29. The normalized spacial score (nSPS) is 10.8. The van der Waals surface area contributed by atoms with Crippen molar-refractivity contribution in [3.8, 4) is 11.5 Å². The van der Waals surface area contributed by atoms with Crippen LogP contribution in [0, 0.1) is 0 Å². The third-order valence-corrected chi connectivity index (χ3v) is 4.64. The molecule has 0 bridgehead atoms. The van der Waals surface area contributed by atoms with Crippen LogP contribution in [0.15, 0.2) is 71.8 Å². The second kappa shape index (κ2) is 10.7. The van der Waals surface area contributed by atoms with E-state index < -0.39 is 0 Å².